The van der Waals surface area contributed by atoms with Crippen LogP contribution in [0.15, 0.2) is 12.4 Å². The summed E-state index contributed by atoms with van der Waals surface area (Å²) in [5, 5.41) is 3.59. The van der Waals surface area contributed by atoms with Crippen molar-refractivity contribution in [1.82, 2.24) is 9.88 Å². The highest BCUT2D eigenvalue weighted by molar-refractivity contribution is 5.30. The van der Waals surface area contributed by atoms with E-state index in [-0.39, 0.29) is 0 Å². The largest absolute Gasteiger partial charge is 0.379 e. The predicted octanol–water partition coefficient (Wildman–Crippen LogP) is 3.15. The summed E-state index contributed by atoms with van der Waals surface area (Å²) in [4.78, 5) is 0. The molecule has 0 fully saturated rings. The first-order valence-electron chi connectivity index (χ1n) is 7.70. The summed E-state index contributed by atoms with van der Waals surface area (Å²) in [5.41, 5.74) is 3.04. The monoisotopic (exact) mass is 264 g/mol. The minimum absolute atomic E-state index is 0.562. The van der Waals surface area contributed by atoms with Gasteiger partial charge in [-0.2, -0.15) is 0 Å². The molecule has 0 spiro atoms. The smallest absolute Gasteiger partial charge is 0.0645 e. The van der Waals surface area contributed by atoms with E-state index in [0.29, 0.717) is 12.0 Å². The molecule has 0 aromatic carbocycles. The molecule has 0 aliphatic heterocycles. The van der Waals surface area contributed by atoms with E-state index >= 15 is 0 Å². The first-order valence-corrected chi connectivity index (χ1v) is 7.70. The zero-order valence-electron chi connectivity index (χ0n) is 12.6. The molecule has 2 rings (SSSR count). The van der Waals surface area contributed by atoms with Gasteiger partial charge in [-0.1, -0.05) is 20.8 Å². The molecule has 0 saturated carbocycles. The van der Waals surface area contributed by atoms with Crippen molar-refractivity contribution < 1.29 is 4.74 Å². The number of fused-ring (bicyclic) bond motifs is 1. The molecule has 0 bridgehead atoms. The third kappa shape index (κ3) is 4.08. The first kappa shape index (κ1) is 14.6. The Hall–Kier alpha value is -0.800. The maximum absolute atomic E-state index is 5.67. The van der Waals surface area contributed by atoms with Gasteiger partial charge in [0.15, 0.2) is 0 Å². The Balaban J connectivity index is 1.89. The van der Waals surface area contributed by atoms with E-state index < -0.39 is 0 Å². The molecule has 0 amide bonds. The number of aryl methyl sites for hydroxylation is 1. The molecule has 1 aliphatic rings. The minimum Gasteiger partial charge on any atom is -0.379 e. The molecular weight excluding hydrogens is 236 g/mol. The van der Waals surface area contributed by atoms with Gasteiger partial charge in [0.1, 0.15) is 0 Å². The number of rotatable bonds is 7. The van der Waals surface area contributed by atoms with E-state index in [1.165, 1.54) is 30.4 Å². The van der Waals surface area contributed by atoms with Gasteiger partial charge in [-0.15, -0.1) is 0 Å². The minimum atomic E-state index is 0.562. The number of hydrogen-bond acceptors (Lipinski definition) is 2. The fraction of sp³-hybridized carbons (Fsp3) is 0.750. The van der Waals surface area contributed by atoms with Gasteiger partial charge in [0.25, 0.3) is 0 Å². The lowest BCUT2D eigenvalue weighted by Crippen LogP contribution is -2.23. The number of aromatic nitrogens is 1. The molecule has 1 N–H and O–H groups in total. The highest BCUT2D eigenvalue weighted by Crippen LogP contribution is 2.30. The second-order valence-electron chi connectivity index (χ2n) is 5.95. The second kappa shape index (κ2) is 7.11. The van der Waals surface area contributed by atoms with Crippen molar-refractivity contribution in [3.05, 3.63) is 23.5 Å². The summed E-state index contributed by atoms with van der Waals surface area (Å²) in [7, 11) is 0. The Morgan fingerprint density at radius 2 is 2.26 bits per heavy atom. The molecule has 1 aromatic rings. The standard InChI is InChI=1S/C16H28N2O/c1-4-17-16-7-5-6-14-10-18(11-15(14)16)8-9-19-12-13(2)3/h10-11,13,16-17H,4-9,12H2,1-3H3. The third-order valence-electron chi connectivity index (χ3n) is 3.71. The summed E-state index contributed by atoms with van der Waals surface area (Å²) >= 11 is 0. The average molecular weight is 264 g/mol. The van der Waals surface area contributed by atoms with E-state index in [4.69, 9.17) is 4.74 Å². The van der Waals surface area contributed by atoms with Crippen LogP contribution in [-0.4, -0.2) is 24.3 Å². The number of nitrogens with zero attached hydrogens (tertiary/aromatic N) is 1. The zero-order chi connectivity index (χ0) is 13.7. The maximum Gasteiger partial charge on any atom is 0.0645 e. The molecule has 0 saturated heterocycles. The molecule has 0 radical (unpaired) electrons. The average Bonchev–Trinajstić information content (AvgIpc) is 2.79. The van der Waals surface area contributed by atoms with Gasteiger partial charge in [-0.25, -0.2) is 0 Å². The normalized spacial score (nSPS) is 18.8. The molecule has 1 aliphatic carbocycles. The SMILES string of the molecule is CCNC1CCCc2cn(CCOCC(C)C)cc21. The lowest BCUT2D eigenvalue weighted by Gasteiger charge is -2.22. The number of nitrogens with one attached hydrogen (secondary N) is 1. The molecule has 3 heteroatoms. The van der Waals surface area contributed by atoms with Gasteiger partial charge in [0, 0.05) is 31.6 Å². The predicted molar refractivity (Wildman–Crippen MR) is 79.4 cm³/mol. The Bertz CT molecular complexity index is 384. The first-order chi connectivity index (χ1) is 9.20. The Morgan fingerprint density at radius 3 is 3.00 bits per heavy atom. The van der Waals surface area contributed by atoms with E-state index in [1.54, 1.807) is 0 Å². The van der Waals surface area contributed by atoms with E-state index in [2.05, 4.69) is 43.0 Å². The summed E-state index contributed by atoms with van der Waals surface area (Å²) in [5.74, 6) is 0.621. The highest BCUT2D eigenvalue weighted by atomic mass is 16.5. The van der Waals surface area contributed by atoms with Gasteiger partial charge < -0.3 is 14.6 Å². The molecule has 1 unspecified atom stereocenters. The van der Waals surface area contributed by atoms with Gasteiger partial charge >= 0.3 is 0 Å². The van der Waals surface area contributed by atoms with Crippen LogP contribution in [-0.2, 0) is 17.7 Å². The van der Waals surface area contributed by atoms with Gasteiger partial charge in [-0.3, -0.25) is 0 Å². The van der Waals surface area contributed by atoms with Crippen LogP contribution in [0.1, 0.15) is 50.8 Å². The molecule has 3 nitrogen and oxygen atoms in total. The van der Waals surface area contributed by atoms with Crippen LogP contribution in [0.4, 0.5) is 0 Å². The van der Waals surface area contributed by atoms with Crippen molar-refractivity contribution in [2.45, 2.75) is 52.6 Å². The van der Waals surface area contributed by atoms with Crippen LogP contribution in [0.3, 0.4) is 0 Å². The summed E-state index contributed by atoms with van der Waals surface area (Å²) in [6.45, 7) is 10.3. The van der Waals surface area contributed by atoms with Gasteiger partial charge in [0.2, 0.25) is 0 Å². The van der Waals surface area contributed by atoms with Crippen LogP contribution in [0.2, 0.25) is 0 Å². The molecule has 19 heavy (non-hydrogen) atoms. The van der Waals surface area contributed by atoms with Crippen molar-refractivity contribution in [1.29, 1.82) is 0 Å². The van der Waals surface area contributed by atoms with Crippen LogP contribution < -0.4 is 5.32 Å². The van der Waals surface area contributed by atoms with Gasteiger partial charge in [-0.05, 0) is 42.9 Å². The summed E-state index contributed by atoms with van der Waals surface area (Å²) in [6, 6.07) is 0.562. The molecule has 1 atom stereocenters. The fourth-order valence-corrected chi connectivity index (χ4v) is 2.82. The van der Waals surface area contributed by atoms with E-state index in [0.717, 1.165) is 26.3 Å². The fourth-order valence-electron chi connectivity index (χ4n) is 2.82. The van der Waals surface area contributed by atoms with Crippen molar-refractivity contribution >= 4 is 0 Å². The molecular formula is C16H28N2O. The molecule has 108 valence electrons. The Labute approximate surface area is 117 Å². The van der Waals surface area contributed by atoms with Crippen LogP contribution in [0.5, 0.6) is 0 Å². The Kier molecular flexibility index (Phi) is 5.46. The quantitative estimate of drug-likeness (QED) is 0.766. The maximum atomic E-state index is 5.67. The van der Waals surface area contributed by atoms with E-state index in [1.807, 2.05) is 0 Å². The second-order valence-corrected chi connectivity index (χ2v) is 5.95. The van der Waals surface area contributed by atoms with Crippen molar-refractivity contribution in [3.8, 4) is 0 Å². The lowest BCUT2D eigenvalue weighted by molar-refractivity contribution is 0.103. The molecule has 1 aromatic heterocycles. The molecule has 1 heterocycles. The van der Waals surface area contributed by atoms with Crippen LogP contribution in [0.25, 0.3) is 0 Å². The van der Waals surface area contributed by atoms with Gasteiger partial charge in [0.05, 0.1) is 6.61 Å². The van der Waals surface area contributed by atoms with Crippen LogP contribution in [0, 0.1) is 5.92 Å². The lowest BCUT2D eigenvalue weighted by atomic mass is 9.91. The zero-order valence-corrected chi connectivity index (χ0v) is 12.6. The van der Waals surface area contributed by atoms with E-state index in [9.17, 15) is 0 Å². The highest BCUT2D eigenvalue weighted by Gasteiger charge is 2.20. The summed E-state index contributed by atoms with van der Waals surface area (Å²) in [6.07, 6.45) is 8.45. The van der Waals surface area contributed by atoms with Crippen molar-refractivity contribution in [3.63, 3.8) is 0 Å². The Morgan fingerprint density at radius 1 is 1.42 bits per heavy atom. The van der Waals surface area contributed by atoms with Crippen LogP contribution >= 0.6 is 0 Å². The third-order valence-corrected chi connectivity index (χ3v) is 3.71. The van der Waals surface area contributed by atoms with Crippen molar-refractivity contribution in [2.24, 2.45) is 5.92 Å². The van der Waals surface area contributed by atoms with Crippen molar-refractivity contribution in [2.75, 3.05) is 19.8 Å². The number of ether oxygens (including phenoxy) is 1. The topological polar surface area (TPSA) is 26.2 Å². The number of hydrogen-bond donors (Lipinski definition) is 1. The summed E-state index contributed by atoms with van der Waals surface area (Å²) < 4.78 is 7.98.